The van der Waals surface area contributed by atoms with Crippen molar-refractivity contribution in [2.75, 3.05) is 51.5 Å². The molecule has 0 spiro atoms. The van der Waals surface area contributed by atoms with Gasteiger partial charge in [0.1, 0.15) is 19.8 Å². The van der Waals surface area contributed by atoms with Crippen molar-refractivity contribution in [2.45, 2.75) is 19.8 Å². The molecule has 1 aromatic carbocycles. The molecule has 1 aliphatic rings. The Balaban J connectivity index is 1.97. The highest BCUT2D eigenvalue weighted by molar-refractivity contribution is 6.30. The zero-order valence-corrected chi connectivity index (χ0v) is 17.1. The van der Waals surface area contributed by atoms with Crippen LogP contribution in [0.25, 0.3) is 0 Å². The molecule has 1 aliphatic heterocycles. The predicted molar refractivity (Wildman–Crippen MR) is 107 cm³/mol. The number of carbonyl (C=O) groups is 3. The fraction of sp³-hybridized carbons (Fsp3) is 0.526. The average molecular weight is 411 g/mol. The van der Waals surface area contributed by atoms with Gasteiger partial charge in [-0.25, -0.2) is 4.79 Å². The summed E-state index contributed by atoms with van der Waals surface area (Å²) in [4.78, 5) is 41.8. The second-order valence-electron chi connectivity index (χ2n) is 6.53. The third-order valence-corrected chi connectivity index (χ3v) is 4.67. The third kappa shape index (κ3) is 6.10. The van der Waals surface area contributed by atoms with Crippen molar-refractivity contribution in [3.05, 3.63) is 29.3 Å². The highest BCUT2D eigenvalue weighted by atomic mass is 35.5. The van der Waals surface area contributed by atoms with Crippen LogP contribution in [0.3, 0.4) is 0 Å². The summed E-state index contributed by atoms with van der Waals surface area (Å²) in [5.74, 6) is -0.460. The Hall–Kier alpha value is -2.32. The van der Waals surface area contributed by atoms with Gasteiger partial charge in [-0.3, -0.25) is 14.5 Å². The number of ether oxygens (including phenoxy) is 1. The van der Waals surface area contributed by atoms with Crippen LogP contribution in [0.15, 0.2) is 24.3 Å². The lowest BCUT2D eigenvalue weighted by atomic mass is 10.3. The number of benzene rings is 1. The topological polar surface area (TPSA) is 82.2 Å². The molecule has 1 N–H and O–H groups in total. The van der Waals surface area contributed by atoms with Crippen molar-refractivity contribution < 1.29 is 19.1 Å². The minimum atomic E-state index is -0.307. The van der Waals surface area contributed by atoms with Crippen LogP contribution in [0.1, 0.15) is 19.8 Å². The minimum Gasteiger partial charge on any atom is -0.383 e. The van der Waals surface area contributed by atoms with E-state index in [-0.39, 0.29) is 37.6 Å². The van der Waals surface area contributed by atoms with Gasteiger partial charge in [-0.15, -0.1) is 0 Å². The molecule has 1 aromatic rings. The second kappa shape index (κ2) is 10.9. The number of hydrogen-bond donors (Lipinski definition) is 1. The van der Waals surface area contributed by atoms with Gasteiger partial charge in [0.2, 0.25) is 11.8 Å². The van der Waals surface area contributed by atoms with Gasteiger partial charge in [0, 0.05) is 30.9 Å². The molecule has 0 atom stereocenters. The van der Waals surface area contributed by atoms with Crippen LogP contribution < -0.4 is 10.2 Å². The highest BCUT2D eigenvalue weighted by Crippen LogP contribution is 2.21. The fourth-order valence-corrected chi connectivity index (χ4v) is 2.89. The van der Waals surface area contributed by atoms with E-state index in [0.717, 1.165) is 12.8 Å². The largest absolute Gasteiger partial charge is 0.383 e. The van der Waals surface area contributed by atoms with E-state index in [1.165, 1.54) is 21.8 Å². The zero-order chi connectivity index (χ0) is 20.5. The number of methoxy groups -OCH3 is 1. The van der Waals surface area contributed by atoms with Crippen molar-refractivity contribution in [3.8, 4) is 0 Å². The summed E-state index contributed by atoms with van der Waals surface area (Å²) >= 11 is 5.89. The summed E-state index contributed by atoms with van der Waals surface area (Å²) in [5.41, 5.74) is 0.679. The normalized spacial score (nSPS) is 13.8. The molecule has 28 heavy (non-hydrogen) atoms. The maximum atomic E-state index is 12.7. The Morgan fingerprint density at radius 1 is 1.29 bits per heavy atom. The van der Waals surface area contributed by atoms with Crippen LogP contribution in [0.4, 0.5) is 10.5 Å². The lowest BCUT2D eigenvalue weighted by Crippen LogP contribution is -2.48. The number of rotatable bonds is 9. The Labute approximate surface area is 170 Å². The number of nitrogens with one attached hydrogen (secondary N) is 1. The van der Waals surface area contributed by atoms with Crippen molar-refractivity contribution in [2.24, 2.45) is 0 Å². The average Bonchev–Trinajstić information content (AvgIpc) is 3.07. The lowest BCUT2D eigenvalue weighted by molar-refractivity contribution is -0.132. The van der Waals surface area contributed by atoms with Gasteiger partial charge in [0.05, 0.1) is 6.61 Å². The summed E-state index contributed by atoms with van der Waals surface area (Å²) in [6.07, 6.45) is 1.84. The van der Waals surface area contributed by atoms with Crippen LogP contribution in [0.2, 0.25) is 5.02 Å². The van der Waals surface area contributed by atoms with Crippen molar-refractivity contribution in [3.63, 3.8) is 0 Å². The first-order valence-corrected chi connectivity index (χ1v) is 9.69. The minimum absolute atomic E-state index is 0.0168. The van der Waals surface area contributed by atoms with E-state index in [9.17, 15) is 14.4 Å². The molecular formula is C19H27ClN4O4. The maximum absolute atomic E-state index is 12.7. The molecule has 1 heterocycles. The van der Waals surface area contributed by atoms with Crippen LogP contribution in [-0.2, 0) is 14.3 Å². The first-order valence-electron chi connectivity index (χ1n) is 9.31. The monoisotopic (exact) mass is 410 g/mol. The molecule has 0 aromatic heterocycles. The van der Waals surface area contributed by atoms with E-state index in [1.807, 2.05) is 6.92 Å². The summed E-state index contributed by atoms with van der Waals surface area (Å²) < 4.78 is 5.04. The number of hydrogen-bond acceptors (Lipinski definition) is 4. The smallest absolute Gasteiger partial charge is 0.317 e. The van der Waals surface area contributed by atoms with Crippen molar-refractivity contribution in [1.29, 1.82) is 0 Å². The van der Waals surface area contributed by atoms with E-state index in [0.29, 0.717) is 30.4 Å². The summed E-state index contributed by atoms with van der Waals surface area (Å²) in [6.45, 7) is 3.23. The van der Waals surface area contributed by atoms with Gasteiger partial charge < -0.3 is 19.9 Å². The van der Waals surface area contributed by atoms with E-state index in [2.05, 4.69) is 5.32 Å². The molecule has 9 heteroatoms. The molecule has 0 aliphatic carbocycles. The zero-order valence-electron chi connectivity index (χ0n) is 16.3. The third-order valence-electron chi connectivity index (χ3n) is 4.42. The first-order chi connectivity index (χ1) is 13.5. The Kier molecular flexibility index (Phi) is 8.53. The first kappa shape index (κ1) is 22.0. The van der Waals surface area contributed by atoms with Gasteiger partial charge >= 0.3 is 6.03 Å². The molecule has 0 bridgehead atoms. The van der Waals surface area contributed by atoms with Crippen LogP contribution >= 0.6 is 11.6 Å². The summed E-state index contributed by atoms with van der Waals surface area (Å²) in [7, 11) is 1.54. The molecule has 154 valence electrons. The molecular weight excluding hydrogens is 384 g/mol. The SMILES string of the molecule is CCCCNC(=O)N(CCOC)CC(=O)N1CC(=O)N(c2ccc(Cl)cc2)C1. The Bertz CT molecular complexity index is 683. The van der Waals surface area contributed by atoms with E-state index < -0.39 is 0 Å². The van der Waals surface area contributed by atoms with Crippen molar-refractivity contribution in [1.82, 2.24) is 15.1 Å². The number of amides is 4. The number of nitrogens with zero attached hydrogens (tertiary/aromatic N) is 3. The maximum Gasteiger partial charge on any atom is 0.317 e. The molecule has 0 unspecified atom stereocenters. The Morgan fingerprint density at radius 2 is 2.00 bits per heavy atom. The van der Waals surface area contributed by atoms with Gasteiger partial charge in [0.25, 0.3) is 0 Å². The van der Waals surface area contributed by atoms with Crippen LogP contribution in [0, 0.1) is 0 Å². The number of halogens is 1. The quantitative estimate of drug-likeness (QED) is 0.630. The molecule has 2 rings (SSSR count). The predicted octanol–water partition coefficient (Wildman–Crippen LogP) is 1.93. The molecule has 0 saturated carbocycles. The van der Waals surface area contributed by atoms with Crippen LogP contribution in [-0.4, -0.2) is 74.2 Å². The van der Waals surface area contributed by atoms with Gasteiger partial charge in [0.15, 0.2) is 0 Å². The van der Waals surface area contributed by atoms with Gasteiger partial charge in [-0.05, 0) is 30.7 Å². The molecule has 1 fully saturated rings. The van der Waals surface area contributed by atoms with Gasteiger partial charge in [-0.1, -0.05) is 24.9 Å². The van der Waals surface area contributed by atoms with E-state index in [1.54, 1.807) is 24.3 Å². The summed E-state index contributed by atoms with van der Waals surface area (Å²) in [5, 5.41) is 3.38. The van der Waals surface area contributed by atoms with E-state index >= 15 is 0 Å². The lowest BCUT2D eigenvalue weighted by Gasteiger charge is -2.25. The van der Waals surface area contributed by atoms with Crippen LogP contribution in [0.5, 0.6) is 0 Å². The van der Waals surface area contributed by atoms with Gasteiger partial charge in [-0.2, -0.15) is 0 Å². The number of unbranched alkanes of at least 4 members (excludes halogenated alkanes) is 1. The standard InChI is InChI=1S/C19H27ClN4O4/c1-3-4-9-21-19(27)22(10-11-28-2)12-17(25)23-13-18(26)24(14-23)16-7-5-15(20)6-8-16/h5-8H,3-4,9-14H2,1-2H3,(H,21,27). The molecule has 8 nitrogen and oxygen atoms in total. The van der Waals surface area contributed by atoms with E-state index in [4.69, 9.17) is 16.3 Å². The Morgan fingerprint density at radius 3 is 2.64 bits per heavy atom. The molecule has 4 amide bonds. The highest BCUT2D eigenvalue weighted by Gasteiger charge is 2.32. The molecule has 0 radical (unpaired) electrons. The number of anilines is 1. The summed E-state index contributed by atoms with van der Waals surface area (Å²) in [6, 6.07) is 6.56. The number of urea groups is 1. The second-order valence-corrected chi connectivity index (χ2v) is 6.97. The molecule has 1 saturated heterocycles. The van der Waals surface area contributed by atoms with Crippen molar-refractivity contribution >= 4 is 35.1 Å². The fourth-order valence-electron chi connectivity index (χ4n) is 2.76. The number of carbonyl (C=O) groups excluding carboxylic acids is 3.